The largest absolute Gasteiger partial charge is 0.213 e. The van der Waals surface area contributed by atoms with E-state index in [4.69, 9.17) is 5.26 Å². The Hall–Kier alpha value is -1.38. The van der Waals surface area contributed by atoms with E-state index in [0.29, 0.717) is 0 Å². The van der Waals surface area contributed by atoms with Gasteiger partial charge in [-0.2, -0.15) is 9.98 Å². The monoisotopic (exact) mass is 278 g/mol. The maximum atomic E-state index is 12.1. The van der Waals surface area contributed by atoms with Crippen LogP contribution in [0.25, 0.3) is 0 Å². The van der Waals surface area contributed by atoms with E-state index >= 15 is 0 Å². The summed E-state index contributed by atoms with van der Waals surface area (Å²) in [6.45, 7) is 1.88. The quantitative estimate of drug-likeness (QED) is 0.865. The maximum absolute atomic E-state index is 12.1. The van der Waals surface area contributed by atoms with Crippen molar-refractivity contribution < 1.29 is 8.42 Å². The van der Waals surface area contributed by atoms with E-state index < -0.39 is 16.1 Å². The van der Waals surface area contributed by atoms with Gasteiger partial charge in [-0.15, -0.1) is 0 Å². The maximum Gasteiger partial charge on any atom is 0.213 e. The fraction of sp³-hybridized carbons (Fsp3) is 0.500. The van der Waals surface area contributed by atoms with Crippen molar-refractivity contribution in [3.8, 4) is 6.07 Å². The van der Waals surface area contributed by atoms with Crippen LogP contribution in [0.4, 0.5) is 0 Å². The molecule has 2 rings (SSSR count). The topological polar surface area (TPSA) is 70.0 Å². The highest BCUT2D eigenvalue weighted by molar-refractivity contribution is 7.89. The molecule has 1 N–H and O–H groups in total. The van der Waals surface area contributed by atoms with E-state index in [0.717, 1.165) is 18.4 Å². The lowest BCUT2D eigenvalue weighted by Crippen LogP contribution is -2.37. The molecule has 5 heteroatoms. The van der Waals surface area contributed by atoms with Crippen LogP contribution in [0.1, 0.15) is 31.2 Å². The Morgan fingerprint density at radius 1 is 1.37 bits per heavy atom. The first-order valence-electron chi connectivity index (χ1n) is 6.46. The summed E-state index contributed by atoms with van der Waals surface area (Å²) in [6.07, 6.45) is 1.88. The highest BCUT2D eigenvalue weighted by Gasteiger charge is 2.34. The van der Waals surface area contributed by atoms with Crippen molar-refractivity contribution in [3.63, 3.8) is 0 Å². The van der Waals surface area contributed by atoms with Crippen molar-refractivity contribution in [1.82, 2.24) is 4.72 Å². The molecular weight excluding hydrogens is 260 g/mol. The van der Waals surface area contributed by atoms with Crippen molar-refractivity contribution >= 4 is 10.0 Å². The minimum atomic E-state index is -3.42. The minimum Gasteiger partial charge on any atom is -0.212 e. The molecule has 0 bridgehead atoms. The van der Waals surface area contributed by atoms with Gasteiger partial charge in [0, 0.05) is 0 Å². The number of benzene rings is 1. The molecule has 0 aliphatic heterocycles. The van der Waals surface area contributed by atoms with Gasteiger partial charge in [0.1, 0.15) is 6.04 Å². The average Bonchev–Trinajstić information content (AvgIpc) is 3.21. The van der Waals surface area contributed by atoms with Crippen molar-refractivity contribution in [2.24, 2.45) is 5.92 Å². The van der Waals surface area contributed by atoms with Crippen LogP contribution in [0.3, 0.4) is 0 Å². The Morgan fingerprint density at radius 3 is 2.53 bits per heavy atom. The van der Waals surface area contributed by atoms with Crippen molar-refractivity contribution in [1.29, 1.82) is 5.26 Å². The summed E-state index contributed by atoms with van der Waals surface area (Å²) in [6, 6.07) is 11.0. The second-order valence-corrected chi connectivity index (χ2v) is 6.95. The molecule has 0 aromatic heterocycles. The summed E-state index contributed by atoms with van der Waals surface area (Å²) in [7, 11) is -3.42. The highest BCUT2D eigenvalue weighted by atomic mass is 32.2. The summed E-state index contributed by atoms with van der Waals surface area (Å²) in [4.78, 5) is 0. The van der Waals surface area contributed by atoms with E-state index in [1.54, 1.807) is 0 Å². The first kappa shape index (κ1) is 14.0. The summed E-state index contributed by atoms with van der Waals surface area (Å²) in [5.41, 5.74) is 0.993. The van der Waals surface area contributed by atoms with Gasteiger partial charge in [0.05, 0.1) is 11.8 Å². The molecule has 1 aliphatic carbocycles. The molecule has 1 aliphatic rings. The molecule has 1 aromatic rings. The third kappa shape index (κ3) is 4.05. The number of hydrogen-bond donors (Lipinski definition) is 1. The van der Waals surface area contributed by atoms with E-state index in [9.17, 15) is 8.42 Å². The highest BCUT2D eigenvalue weighted by Crippen LogP contribution is 2.32. The Morgan fingerprint density at radius 2 is 2.00 bits per heavy atom. The summed E-state index contributed by atoms with van der Waals surface area (Å²) < 4.78 is 26.6. The van der Waals surface area contributed by atoms with Crippen LogP contribution < -0.4 is 4.72 Å². The zero-order valence-corrected chi connectivity index (χ0v) is 11.7. The molecule has 0 heterocycles. The van der Waals surface area contributed by atoms with Gasteiger partial charge >= 0.3 is 0 Å². The molecule has 0 amide bonds. The van der Waals surface area contributed by atoms with Crippen LogP contribution in [0.2, 0.25) is 0 Å². The molecule has 1 fully saturated rings. The molecule has 0 saturated heterocycles. The van der Waals surface area contributed by atoms with Crippen LogP contribution in [0.5, 0.6) is 0 Å². The van der Waals surface area contributed by atoms with E-state index in [2.05, 4.69) is 4.72 Å². The van der Waals surface area contributed by atoms with Gasteiger partial charge < -0.3 is 0 Å². The first-order chi connectivity index (χ1) is 9.02. The third-order valence-corrected chi connectivity index (χ3v) is 4.93. The van der Waals surface area contributed by atoms with Gasteiger partial charge in [-0.3, -0.25) is 0 Å². The molecule has 2 unspecified atom stereocenters. The van der Waals surface area contributed by atoms with E-state index in [-0.39, 0.29) is 17.6 Å². The molecule has 1 saturated carbocycles. The molecule has 102 valence electrons. The summed E-state index contributed by atoms with van der Waals surface area (Å²) in [5, 5.41) is 8.97. The summed E-state index contributed by atoms with van der Waals surface area (Å²) >= 11 is 0. The predicted octanol–water partition coefficient (Wildman–Crippen LogP) is 2.01. The van der Waals surface area contributed by atoms with Crippen LogP contribution in [0, 0.1) is 17.2 Å². The van der Waals surface area contributed by atoms with E-state index in [1.807, 2.05) is 43.3 Å². The Labute approximate surface area is 114 Å². The molecule has 0 spiro atoms. The minimum absolute atomic E-state index is 0.0158. The van der Waals surface area contributed by atoms with Crippen molar-refractivity contribution in [3.05, 3.63) is 35.9 Å². The van der Waals surface area contributed by atoms with Gasteiger partial charge in [-0.1, -0.05) is 37.3 Å². The van der Waals surface area contributed by atoms with Gasteiger partial charge in [-0.25, -0.2) is 8.42 Å². The van der Waals surface area contributed by atoms with E-state index in [1.165, 1.54) is 0 Å². The smallest absolute Gasteiger partial charge is 0.212 e. The van der Waals surface area contributed by atoms with Gasteiger partial charge in [0.15, 0.2) is 0 Å². The van der Waals surface area contributed by atoms with Crippen molar-refractivity contribution in [2.75, 3.05) is 5.75 Å². The number of nitrogens with zero attached hydrogens (tertiary/aromatic N) is 1. The average molecular weight is 278 g/mol. The normalized spacial score (nSPS) is 18.5. The van der Waals surface area contributed by atoms with Gasteiger partial charge in [0.25, 0.3) is 0 Å². The fourth-order valence-electron chi connectivity index (χ4n) is 2.11. The molecule has 2 atom stereocenters. The number of nitriles is 1. The van der Waals surface area contributed by atoms with Crippen LogP contribution in [-0.4, -0.2) is 20.2 Å². The lowest BCUT2D eigenvalue weighted by Gasteiger charge is -2.15. The standard InChI is InChI=1S/C14H18N2O2S/c1-11(12-5-3-2-4-6-12)10-19(17,18)16-14(9-15)13-7-8-13/h2-6,11,13-14,16H,7-8,10H2,1H3. The zero-order chi connectivity index (χ0) is 13.9. The van der Waals surface area contributed by atoms with Crippen molar-refractivity contribution in [2.45, 2.75) is 31.7 Å². The van der Waals surface area contributed by atoms with Crippen LogP contribution in [0.15, 0.2) is 30.3 Å². The number of nitrogens with one attached hydrogen (secondary N) is 1. The Kier molecular flexibility index (Phi) is 4.23. The Balaban J connectivity index is 1.99. The molecule has 19 heavy (non-hydrogen) atoms. The zero-order valence-electron chi connectivity index (χ0n) is 10.9. The predicted molar refractivity (Wildman–Crippen MR) is 73.9 cm³/mol. The lowest BCUT2D eigenvalue weighted by atomic mass is 10.0. The molecule has 0 radical (unpaired) electrons. The first-order valence-corrected chi connectivity index (χ1v) is 8.11. The Bertz CT molecular complexity index is 559. The fourth-order valence-corrected chi connectivity index (χ4v) is 3.68. The van der Waals surface area contributed by atoms with Gasteiger partial charge in [0.2, 0.25) is 10.0 Å². The second-order valence-electron chi connectivity index (χ2n) is 5.16. The van der Waals surface area contributed by atoms with Crippen LogP contribution >= 0.6 is 0 Å². The lowest BCUT2D eigenvalue weighted by molar-refractivity contribution is 0.555. The van der Waals surface area contributed by atoms with Crippen LogP contribution in [-0.2, 0) is 10.0 Å². The third-order valence-electron chi connectivity index (χ3n) is 3.38. The summed E-state index contributed by atoms with van der Waals surface area (Å²) in [5.74, 6) is 0.131. The number of rotatable bonds is 6. The SMILES string of the molecule is CC(CS(=O)(=O)NC(C#N)C1CC1)c1ccccc1. The van der Waals surface area contributed by atoms with Gasteiger partial charge in [-0.05, 0) is 30.2 Å². The molecule has 1 aromatic carbocycles. The number of hydrogen-bond acceptors (Lipinski definition) is 3. The second kappa shape index (κ2) is 5.72. The molecule has 4 nitrogen and oxygen atoms in total. The molecular formula is C14H18N2O2S. The number of sulfonamides is 1.